The zero-order valence-electron chi connectivity index (χ0n) is 11.9. The van der Waals surface area contributed by atoms with E-state index in [1.54, 1.807) is 22.9 Å². The minimum atomic E-state index is -0.445. The highest BCUT2D eigenvalue weighted by atomic mass is 79.9. The van der Waals surface area contributed by atoms with Crippen LogP contribution in [0.3, 0.4) is 0 Å². The van der Waals surface area contributed by atoms with E-state index < -0.39 is 6.04 Å². The summed E-state index contributed by atoms with van der Waals surface area (Å²) in [6.45, 7) is 4.87. The normalized spacial score (nSPS) is 20.6. The third-order valence-electron chi connectivity index (χ3n) is 4.01. The fraction of sp³-hybridized carbons (Fsp3) is 0.357. The summed E-state index contributed by atoms with van der Waals surface area (Å²) in [4.78, 5) is 33.9. The van der Waals surface area contributed by atoms with Gasteiger partial charge in [0, 0.05) is 20.1 Å². The highest BCUT2D eigenvalue weighted by Gasteiger charge is 2.42. The van der Waals surface area contributed by atoms with Gasteiger partial charge in [-0.15, -0.1) is 0 Å². The molecule has 3 rings (SSSR count). The van der Waals surface area contributed by atoms with Crippen LogP contribution in [0.1, 0.15) is 0 Å². The van der Waals surface area contributed by atoms with E-state index in [0.717, 1.165) is 0 Å². The Morgan fingerprint density at radius 2 is 2.27 bits per heavy atom. The molecule has 0 aromatic carbocycles. The van der Waals surface area contributed by atoms with Crippen LogP contribution in [0.25, 0.3) is 0 Å². The first-order chi connectivity index (χ1) is 10.4. The average Bonchev–Trinajstić information content (AvgIpc) is 2.53. The van der Waals surface area contributed by atoms with E-state index in [1.165, 1.54) is 6.08 Å². The van der Waals surface area contributed by atoms with Crippen LogP contribution in [0.5, 0.6) is 0 Å². The van der Waals surface area contributed by atoms with Crippen molar-refractivity contribution in [2.45, 2.75) is 6.04 Å². The number of piperazine rings is 1. The molecule has 0 unspecified atom stereocenters. The van der Waals surface area contributed by atoms with Crippen molar-refractivity contribution >= 4 is 50.9 Å². The highest BCUT2D eigenvalue weighted by Crippen LogP contribution is 2.39. The van der Waals surface area contributed by atoms with Crippen LogP contribution < -0.4 is 9.80 Å². The number of pyridine rings is 1. The Hall–Kier alpha value is -1.60. The van der Waals surface area contributed by atoms with E-state index in [0.29, 0.717) is 40.8 Å². The molecule has 1 fully saturated rings. The number of hydrogen-bond donors (Lipinski definition) is 0. The van der Waals surface area contributed by atoms with Gasteiger partial charge in [-0.3, -0.25) is 9.59 Å². The fourth-order valence-corrected chi connectivity index (χ4v) is 3.27. The minimum Gasteiger partial charge on any atom is -0.339 e. The lowest BCUT2D eigenvalue weighted by atomic mass is 10.1. The quantitative estimate of drug-likeness (QED) is 0.545. The van der Waals surface area contributed by atoms with Crippen molar-refractivity contribution in [1.82, 2.24) is 9.88 Å². The molecule has 0 N–H and O–H groups in total. The highest BCUT2D eigenvalue weighted by molar-refractivity contribution is 9.10. The molecule has 1 aromatic rings. The Morgan fingerprint density at radius 1 is 1.55 bits per heavy atom. The molecule has 3 heterocycles. The molecule has 0 bridgehead atoms. The van der Waals surface area contributed by atoms with Gasteiger partial charge in [0.1, 0.15) is 11.2 Å². The van der Waals surface area contributed by atoms with E-state index in [1.807, 2.05) is 4.90 Å². The van der Waals surface area contributed by atoms with Gasteiger partial charge in [0.05, 0.1) is 16.7 Å². The average molecular weight is 386 g/mol. The monoisotopic (exact) mass is 384 g/mol. The van der Waals surface area contributed by atoms with Crippen molar-refractivity contribution in [3.05, 3.63) is 28.3 Å². The number of anilines is 2. The van der Waals surface area contributed by atoms with Gasteiger partial charge in [0.25, 0.3) is 5.91 Å². The molecule has 0 aliphatic carbocycles. The number of carbonyl (C=O) groups excluding carboxylic acids is 2. The van der Waals surface area contributed by atoms with E-state index in [4.69, 9.17) is 11.6 Å². The molecule has 1 atom stereocenters. The summed E-state index contributed by atoms with van der Waals surface area (Å²) in [6.07, 6.45) is 1.27. The van der Waals surface area contributed by atoms with Crippen LogP contribution in [-0.4, -0.2) is 54.4 Å². The zero-order chi connectivity index (χ0) is 16.0. The van der Waals surface area contributed by atoms with E-state index in [9.17, 15) is 9.59 Å². The molecule has 2 aliphatic heterocycles. The third kappa shape index (κ3) is 2.28. The van der Waals surface area contributed by atoms with Crippen molar-refractivity contribution < 1.29 is 9.59 Å². The summed E-state index contributed by atoms with van der Waals surface area (Å²) in [5.41, 5.74) is 0.709. The van der Waals surface area contributed by atoms with Crippen LogP contribution >= 0.6 is 27.5 Å². The largest absolute Gasteiger partial charge is 0.339 e. The summed E-state index contributed by atoms with van der Waals surface area (Å²) < 4.78 is 0.645. The maximum absolute atomic E-state index is 12.6. The second-order valence-corrected chi connectivity index (χ2v) is 6.41. The van der Waals surface area contributed by atoms with Gasteiger partial charge in [-0.1, -0.05) is 18.2 Å². The molecule has 0 radical (unpaired) electrons. The lowest BCUT2D eigenvalue weighted by Gasteiger charge is -2.46. The Bertz CT molecular complexity index is 681. The maximum Gasteiger partial charge on any atom is 0.251 e. The first kappa shape index (κ1) is 15.3. The molecule has 8 heteroatoms. The van der Waals surface area contributed by atoms with Gasteiger partial charge in [0.15, 0.2) is 5.82 Å². The van der Waals surface area contributed by atoms with Crippen molar-refractivity contribution in [1.29, 1.82) is 0 Å². The van der Waals surface area contributed by atoms with Crippen LogP contribution in [0.2, 0.25) is 5.15 Å². The van der Waals surface area contributed by atoms with Crippen LogP contribution in [0.15, 0.2) is 23.2 Å². The third-order valence-corrected chi connectivity index (χ3v) is 5.13. The van der Waals surface area contributed by atoms with Gasteiger partial charge in [-0.25, -0.2) is 4.98 Å². The molecular weight excluding hydrogens is 372 g/mol. The number of nitrogens with zero attached hydrogens (tertiary/aromatic N) is 4. The number of amides is 2. The summed E-state index contributed by atoms with van der Waals surface area (Å²) in [6, 6.07) is 1.35. The number of rotatable bonds is 1. The van der Waals surface area contributed by atoms with Gasteiger partial charge in [-0.05, 0) is 28.1 Å². The molecule has 22 heavy (non-hydrogen) atoms. The smallest absolute Gasteiger partial charge is 0.251 e. The molecule has 6 nitrogen and oxygen atoms in total. The summed E-state index contributed by atoms with van der Waals surface area (Å²) >= 11 is 9.43. The van der Waals surface area contributed by atoms with Crippen molar-refractivity contribution in [2.24, 2.45) is 0 Å². The second-order valence-electron chi connectivity index (χ2n) is 5.20. The Kier molecular flexibility index (Phi) is 3.86. The SMILES string of the molecule is C=CC(=O)N1CCN2c3nc(Cl)c(Br)cc3N(C)C(=O)[C@@H]2C1. The lowest BCUT2D eigenvalue weighted by molar-refractivity contribution is -0.128. The van der Waals surface area contributed by atoms with Crippen molar-refractivity contribution in [3.63, 3.8) is 0 Å². The Balaban J connectivity index is 2.01. The van der Waals surface area contributed by atoms with E-state index in [2.05, 4.69) is 27.5 Å². The molecule has 1 aromatic heterocycles. The second kappa shape index (κ2) is 5.55. The van der Waals surface area contributed by atoms with Crippen molar-refractivity contribution in [2.75, 3.05) is 36.5 Å². The van der Waals surface area contributed by atoms with Gasteiger partial charge in [0.2, 0.25) is 5.91 Å². The number of fused-ring (bicyclic) bond motifs is 3. The number of hydrogen-bond acceptors (Lipinski definition) is 4. The van der Waals surface area contributed by atoms with Gasteiger partial charge >= 0.3 is 0 Å². The molecule has 0 saturated carbocycles. The molecule has 1 saturated heterocycles. The molecule has 2 aliphatic rings. The first-order valence-corrected chi connectivity index (χ1v) is 7.92. The Morgan fingerprint density at radius 3 is 2.95 bits per heavy atom. The number of likely N-dealkylation sites (N-methyl/N-ethyl adjacent to an activating group) is 1. The van der Waals surface area contributed by atoms with E-state index >= 15 is 0 Å². The zero-order valence-corrected chi connectivity index (χ0v) is 14.3. The summed E-state index contributed by atoms with van der Waals surface area (Å²) in [5, 5.41) is 0.352. The summed E-state index contributed by atoms with van der Waals surface area (Å²) in [5.74, 6) is 0.443. The van der Waals surface area contributed by atoms with Gasteiger partial charge in [-0.2, -0.15) is 0 Å². The van der Waals surface area contributed by atoms with Gasteiger partial charge < -0.3 is 14.7 Å². The molecule has 2 amide bonds. The summed E-state index contributed by atoms with van der Waals surface area (Å²) in [7, 11) is 1.70. The number of halogens is 2. The lowest BCUT2D eigenvalue weighted by Crippen LogP contribution is -2.63. The Labute approximate surface area is 141 Å². The maximum atomic E-state index is 12.6. The molecule has 0 spiro atoms. The predicted molar refractivity (Wildman–Crippen MR) is 88.3 cm³/mol. The molecule has 116 valence electrons. The number of aromatic nitrogens is 1. The van der Waals surface area contributed by atoms with E-state index in [-0.39, 0.29) is 11.8 Å². The first-order valence-electron chi connectivity index (χ1n) is 6.75. The van der Waals surface area contributed by atoms with Crippen LogP contribution in [0.4, 0.5) is 11.5 Å². The standard InChI is InChI=1S/C14H14BrClN4O2/c1-3-11(21)19-4-5-20-10(7-19)14(22)18(2)9-6-8(15)12(16)17-13(9)20/h3,6,10H,1,4-5,7H2,2H3/t10-/m0/s1. The topological polar surface area (TPSA) is 56.8 Å². The fourth-order valence-electron chi connectivity index (χ4n) is 2.83. The molecular formula is C14H14BrClN4O2. The van der Waals surface area contributed by atoms with Crippen molar-refractivity contribution in [3.8, 4) is 0 Å². The number of carbonyl (C=O) groups is 2. The predicted octanol–water partition coefficient (Wildman–Crippen LogP) is 1.68. The van der Waals surface area contributed by atoms with Crippen LogP contribution in [0, 0.1) is 0 Å². The minimum absolute atomic E-state index is 0.0647. The van der Waals surface area contributed by atoms with Crippen LogP contribution in [-0.2, 0) is 9.59 Å².